The predicted molar refractivity (Wildman–Crippen MR) is 67.0 cm³/mol. The quantitative estimate of drug-likeness (QED) is 0.698. The van der Waals surface area contributed by atoms with Crippen molar-refractivity contribution in [3.63, 3.8) is 0 Å². The third-order valence-corrected chi connectivity index (χ3v) is 2.52. The summed E-state index contributed by atoms with van der Waals surface area (Å²) in [7, 11) is 0. The van der Waals surface area contributed by atoms with Crippen LogP contribution in [0.25, 0.3) is 0 Å². The number of nitrogens with two attached hydrogens (primary N) is 1. The number of rotatable bonds is 5. The molecule has 0 spiro atoms. The fraction of sp³-hybridized carbons (Fsp3) is 0.500. The second kappa shape index (κ2) is 6.20. The average molecular weight is 237 g/mol. The monoisotopic (exact) mass is 237 g/mol. The first-order chi connectivity index (χ1) is 8.04. The van der Waals surface area contributed by atoms with E-state index in [-0.39, 0.29) is 22.9 Å². The first-order valence-electron chi connectivity index (χ1n) is 5.75. The van der Waals surface area contributed by atoms with E-state index < -0.39 is 0 Å². The van der Waals surface area contributed by atoms with Gasteiger partial charge in [0.25, 0.3) is 5.91 Å². The molecule has 1 atom stereocenters. The normalized spacial score (nSPS) is 12.2. The second-order valence-electron chi connectivity index (χ2n) is 4.20. The summed E-state index contributed by atoms with van der Waals surface area (Å²) >= 11 is 0. The van der Waals surface area contributed by atoms with Crippen LogP contribution in [-0.2, 0) is 0 Å². The van der Waals surface area contributed by atoms with Crippen LogP contribution in [0, 0.1) is 6.92 Å². The smallest absolute Gasteiger partial charge is 0.256 e. The highest BCUT2D eigenvalue weighted by atomic mass is 16.2. The summed E-state index contributed by atoms with van der Waals surface area (Å²) in [6, 6.07) is 1.44. The van der Waals surface area contributed by atoms with Crippen molar-refractivity contribution >= 4 is 5.91 Å². The lowest BCUT2D eigenvalue weighted by Gasteiger charge is -2.12. The van der Waals surface area contributed by atoms with Gasteiger partial charge < -0.3 is 16.0 Å². The summed E-state index contributed by atoms with van der Waals surface area (Å²) in [6.07, 6.45) is 3.11. The molecule has 1 unspecified atom stereocenters. The molecule has 1 amide bonds. The number of aryl methyl sites for hydroxylation is 1. The van der Waals surface area contributed by atoms with Crippen LogP contribution in [0.4, 0.5) is 0 Å². The van der Waals surface area contributed by atoms with Gasteiger partial charge in [0.05, 0.1) is 0 Å². The van der Waals surface area contributed by atoms with Gasteiger partial charge in [-0.15, -0.1) is 0 Å². The van der Waals surface area contributed by atoms with Crippen LogP contribution in [0.2, 0.25) is 0 Å². The van der Waals surface area contributed by atoms with Crippen LogP contribution in [0.3, 0.4) is 0 Å². The van der Waals surface area contributed by atoms with E-state index in [9.17, 15) is 9.59 Å². The Morgan fingerprint density at radius 1 is 1.59 bits per heavy atom. The molecule has 5 heteroatoms. The molecule has 0 radical (unpaired) electrons. The minimum atomic E-state index is -0.337. The van der Waals surface area contributed by atoms with Crippen LogP contribution in [0.15, 0.2) is 17.1 Å². The molecule has 1 heterocycles. The van der Waals surface area contributed by atoms with Gasteiger partial charge in [-0.05, 0) is 33.2 Å². The van der Waals surface area contributed by atoms with E-state index in [1.807, 2.05) is 6.92 Å². The van der Waals surface area contributed by atoms with Gasteiger partial charge in [0, 0.05) is 24.0 Å². The van der Waals surface area contributed by atoms with E-state index in [0.717, 1.165) is 18.5 Å². The summed E-state index contributed by atoms with van der Waals surface area (Å²) in [4.78, 5) is 26.2. The fourth-order valence-electron chi connectivity index (χ4n) is 1.55. The van der Waals surface area contributed by atoms with E-state index >= 15 is 0 Å². The number of carbonyl (C=O) groups is 1. The molecule has 0 fully saturated rings. The highest BCUT2D eigenvalue weighted by Gasteiger charge is 2.12. The number of pyridine rings is 1. The third-order valence-electron chi connectivity index (χ3n) is 2.52. The second-order valence-corrected chi connectivity index (χ2v) is 4.20. The molecule has 94 valence electrons. The highest BCUT2D eigenvalue weighted by molar-refractivity contribution is 5.93. The average Bonchev–Trinajstić information content (AvgIpc) is 2.26. The maximum atomic E-state index is 11.8. The zero-order chi connectivity index (χ0) is 12.8. The van der Waals surface area contributed by atoms with Gasteiger partial charge in [-0.3, -0.25) is 9.59 Å². The number of aromatic nitrogens is 1. The van der Waals surface area contributed by atoms with E-state index in [4.69, 9.17) is 5.73 Å². The number of hydrogen-bond donors (Lipinski definition) is 3. The standard InChI is InChI=1S/C12H19N3O2/c1-8(4-3-5-13)15-12(17)10-7-14-9(2)6-11(10)16/h6-8H,3-5,13H2,1-2H3,(H,14,16)(H,15,17). The van der Waals surface area contributed by atoms with Crippen LogP contribution < -0.4 is 16.5 Å². The highest BCUT2D eigenvalue weighted by Crippen LogP contribution is 1.98. The SMILES string of the molecule is Cc1cc(=O)c(C(=O)NC(C)CCCN)c[nH]1. The van der Waals surface area contributed by atoms with Crippen LogP contribution in [0.5, 0.6) is 0 Å². The summed E-state index contributed by atoms with van der Waals surface area (Å²) in [5.74, 6) is -0.337. The van der Waals surface area contributed by atoms with Crippen molar-refractivity contribution < 1.29 is 4.79 Å². The first kappa shape index (κ1) is 13.4. The molecular weight excluding hydrogens is 218 g/mol. The minimum absolute atomic E-state index is 0.0201. The van der Waals surface area contributed by atoms with E-state index in [1.54, 1.807) is 6.92 Å². The van der Waals surface area contributed by atoms with Crippen molar-refractivity contribution in [3.05, 3.63) is 33.7 Å². The summed E-state index contributed by atoms with van der Waals surface area (Å²) < 4.78 is 0. The maximum Gasteiger partial charge on any atom is 0.256 e. The molecule has 5 nitrogen and oxygen atoms in total. The summed E-state index contributed by atoms with van der Waals surface area (Å²) in [6.45, 7) is 4.27. The van der Waals surface area contributed by atoms with Crippen LogP contribution >= 0.6 is 0 Å². The van der Waals surface area contributed by atoms with Gasteiger partial charge >= 0.3 is 0 Å². The molecule has 1 rings (SSSR count). The Hall–Kier alpha value is -1.62. The number of nitrogens with one attached hydrogen (secondary N) is 2. The van der Waals surface area contributed by atoms with Crippen LogP contribution in [-0.4, -0.2) is 23.5 Å². The number of carbonyl (C=O) groups excluding carboxylic acids is 1. The molecule has 0 aliphatic rings. The van der Waals surface area contributed by atoms with Gasteiger partial charge in [-0.2, -0.15) is 0 Å². The Morgan fingerprint density at radius 2 is 2.29 bits per heavy atom. The number of H-pyrrole nitrogens is 1. The molecule has 0 bridgehead atoms. The third kappa shape index (κ3) is 4.03. The molecule has 1 aromatic heterocycles. The van der Waals surface area contributed by atoms with Gasteiger partial charge in [0.2, 0.25) is 0 Å². The molecule has 0 aliphatic heterocycles. The molecular formula is C12H19N3O2. The van der Waals surface area contributed by atoms with Crippen molar-refractivity contribution in [2.45, 2.75) is 32.7 Å². The lowest BCUT2D eigenvalue weighted by Crippen LogP contribution is -2.35. The molecule has 1 aromatic rings. The lowest BCUT2D eigenvalue weighted by molar-refractivity contribution is 0.0936. The Bertz CT molecular complexity index is 440. The van der Waals surface area contributed by atoms with E-state index in [0.29, 0.717) is 6.54 Å². The van der Waals surface area contributed by atoms with Gasteiger partial charge in [-0.1, -0.05) is 0 Å². The van der Waals surface area contributed by atoms with Crippen molar-refractivity contribution in [2.24, 2.45) is 5.73 Å². The molecule has 0 saturated heterocycles. The fourth-order valence-corrected chi connectivity index (χ4v) is 1.55. The minimum Gasteiger partial charge on any atom is -0.364 e. The van der Waals surface area contributed by atoms with Gasteiger partial charge in [0.1, 0.15) is 5.56 Å². The summed E-state index contributed by atoms with van der Waals surface area (Å²) in [5.41, 5.74) is 6.02. The van der Waals surface area contributed by atoms with E-state index in [2.05, 4.69) is 10.3 Å². The van der Waals surface area contributed by atoms with Gasteiger partial charge in [0.15, 0.2) is 5.43 Å². The van der Waals surface area contributed by atoms with Crippen molar-refractivity contribution in [1.82, 2.24) is 10.3 Å². The van der Waals surface area contributed by atoms with Crippen molar-refractivity contribution in [3.8, 4) is 0 Å². The number of amides is 1. The number of aromatic amines is 1. The Kier molecular flexibility index (Phi) is 4.90. The largest absolute Gasteiger partial charge is 0.364 e. The zero-order valence-corrected chi connectivity index (χ0v) is 10.2. The Balaban J connectivity index is 2.67. The molecule has 0 aliphatic carbocycles. The maximum absolute atomic E-state index is 11.8. The Morgan fingerprint density at radius 3 is 2.88 bits per heavy atom. The zero-order valence-electron chi connectivity index (χ0n) is 10.2. The predicted octanol–water partition coefficient (Wildman–Crippen LogP) is 0.541. The molecule has 4 N–H and O–H groups in total. The van der Waals surface area contributed by atoms with Crippen molar-refractivity contribution in [1.29, 1.82) is 0 Å². The Labute approximate surface area is 100 Å². The van der Waals surface area contributed by atoms with E-state index in [1.165, 1.54) is 12.3 Å². The van der Waals surface area contributed by atoms with Crippen molar-refractivity contribution in [2.75, 3.05) is 6.54 Å². The summed E-state index contributed by atoms with van der Waals surface area (Å²) in [5, 5.41) is 2.78. The molecule has 0 saturated carbocycles. The number of hydrogen-bond acceptors (Lipinski definition) is 3. The molecule has 0 aromatic carbocycles. The van der Waals surface area contributed by atoms with Gasteiger partial charge in [-0.25, -0.2) is 0 Å². The lowest BCUT2D eigenvalue weighted by atomic mass is 10.1. The first-order valence-corrected chi connectivity index (χ1v) is 5.75. The molecule has 17 heavy (non-hydrogen) atoms. The van der Waals surface area contributed by atoms with Crippen LogP contribution in [0.1, 0.15) is 35.8 Å². The topological polar surface area (TPSA) is 88.0 Å².